The molecular formula is C12H17F3N4O. The summed E-state index contributed by atoms with van der Waals surface area (Å²) in [5.41, 5.74) is -0.709. The minimum absolute atomic E-state index is 0.272. The summed E-state index contributed by atoms with van der Waals surface area (Å²) in [5, 5.41) is 3.48. The molecule has 1 aliphatic heterocycles. The minimum atomic E-state index is -4.61. The van der Waals surface area contributed by atoms with E-state index < -0.39 is 17.7 Å². The van der Waals surface area contributed by atoms with Crippen LogP contribution >= 0.6 is 0 Å². The summed E-state index contributed by atoms with van der Waals surface area (Å²) in [6, 6.07) is -0.272. The van der Waals surface area contributed by atoms with Crippen molar-refractivity contribution in [3.8, 4) is 0 Å². The Labute approximate surface area is 114 Å². The first-order valence-corrected chi connectivity index (χ1v) is 6.40. The van der Waals surface area contributed by atoms with Crippen LogP contribution in [0.1, 0.15) is 24.7 Å². The van der Waals surface area contributed by atoms with Crippen molar-refractivity contribution in [1.29, 1.82) is 0 Å². The number of nitrogens with zero attached hydrogens (tertiary/aromatic N) is 4. The molecule has 1 saturated heterocycles. The highest BCUT2D eigenvalue weighted by Gasteiger charge is 2.39. The lowest BCUT2D eigenvalue weighted by molar-refractivity contribution is -0.147. The largest absolute Gasteiger partial charge is 0.451 e. The van der Waals surface area contributed by atoms with Gasteiger partial charge in [-0.1, -0.05) is 6.08 Å². The second-order valence-electron chi connectivity index (χ2n) is 4.93. The average molecular weight is 290 g/mol. The molecular weight excluding hydrogens is 273 g/mol. The van der Waals surface area contributed by atoms with Crippen LogP contribution in [0.2, 0.25) is 0 Å². The van der Waals surface area contributed by atoms with Crippen LogP contribution in [-0.4, -0.2) is 38.9 Å². The van der Waals surface area contributed by atoms with Crippen LogP contribution in [0.5, 0.6) is 0 Å². The second-order valence-corrected chi connectivity index (χ2v) is 4.93. The van der Waals surface area contributed by atoms with Crippen LogP contribution in [-0.2, 0) is 13.2 Å². The molecule has 112 valence electrons. The van der Waals surface area contributed by atoms with E-state index >= 15 is 0 Å². The normalized spacial score (nSPS) is 18.4. The van der Waals surface area contributed by atoms with Gasteiger partial charge in [0.15, 0.2) is 0 Å². The van der Waals surface area contributed by atoms with Gasteiger partial charge in [0, 0.05) is 26.7 Å². The second kappa shape index (κ2) is 5.43. The zero-order chi connectivity index (χ0) is 14.9. The molecule has 0 saturated carbocycles. The molecule has 5 nitrogen and oxygen atoms in total. The lowest BCUT2D eigenvalue weighted by Gasteiger charge is -2.30. The standard InChI is InChI=1S/C12H17F3N4O/c1-3-6-18-7-4-9(5-8-18)19-11(20)17(2)10(16-19)12(13,14)15/h3,9H,1,4-8H2,2H3. The van der Waals surface area contributed by atoms with Gasteiger partial charge in [0.05, 0.1) is 6.04 Å². The van der Waals surface area contributed by atoms with Crippen molar-refractivity contribution in [3.63, 3.8) is 0 Å². The number of hydrogen-bond acceptors (Lipinski definition) is 3. The number of aromatic nitrogens is 3. The van der Waals surface area contributed by atoms with Gasteiger partial charge in [-0.25, -0.2) is 9.48 Å². The Kier molecular flexibility index (Phi) is 4.03. The molecule has 20 heavy (non-hydrogen) atoms. The molecule has 0 N–H and O–H groups in total. The van der Waals surface area contributed by atoms with Crippen LogP contribution in [0.25, 0.3) is 0 Å². The monoisotopic (exact) mass is 290 g/mol. The maximum Gasteiger partial charge on any atom is 0.451 e. The van der Waals surface area contributed by atoms with E-state index in [0.717, 1.165) is 31.4 Å². The fourth-order valence-electron chi connectivity index (χ4n) is 2.47. The SMILES string of the molecule is C=CCN1CCC(n2nc(C(F)(F)F)n(C)c2=O)CC1. The van der Waals surface area contributed by atoms with E-state index in [0.29, 0.717) is 17.4 Å². The number of piperidine rings is 1. The minimum Gasteiger partial charge on any atom is -0.300 e. The molecule has 0 unspecified atom stereocenters. The molecule has 0 aliphatic carbocycles. The van der Waals surface area contributed by atoms with Crippen LogP contribution in [0, 0.1) is 0 Å². The molecule has 1 fully saturated rings. The first-order chi connectivity index (χ1) is 9.34. The summed E-state index contributed by atoms with van der Waals surface area (Å²) in [6.07, 6.45) is -1.60. The smallest absolute Gasteiger partial charge is 0.300 e. The molecule has 2 heterocycles. The van der Waals surface area contributed by atoms with Crippen molar-refractivity contribution >= 4 is 0 Å². The average Bonchev–Trinajstić information content (AvgIpc) is 2.68. The van der Waals surface area contributed by atoms with Crippen LogP contribution in [0.15, 0.2) is 17.4 Å². The van der Waals surface area contributed by atoms with Gasteiger partial charge >= 0.3 is 11.9 Å². The molecule has 0 bridgehead atoms. The van der Waals surface area contributed by atoms with Crippen molar-refractivity contribution in [2.75, 3.05) is 19.6 Å². The van der Waals surface area contributed by atoms with E-state index in [4.69, 9.17) is 0 Å². The summed E-state index contributed by atoms with van der Waals surface area (Å²) in [4.78, 5) is 14.0. The summed E-state index contributed by atoms with van der Waals surface area (Å²) in [6.45, 7) is 5.84. The molecule has 1 aliphatic rings. The van der Waals surface area contributed by atoms with E-state index in [2.05, 4.69) is 16.6 Å². The van der Waals surface area contributed by atoms with E-state index in [1.54, 1.807) is 6.08 Å². The van der Waals surface area contributed by atoms with Gasteiger partial charge in [-0.2, -0.15) is 13.2 Å². The number of rotatable bonds is 3. The Morgan fingerprint density at radius 3 is 2.45 bits per heavy atom. The van der Waals surface area contributed by atoms with Crippen molar-refractivity contribution in [3.05, 3.63) is 29.0 Å². The summed E-state index contributed by atoms with van der Waals surface area (Å²) in [7, 11) is 1.10. The molecule has 0 aromatic carbocycles. The van der Waals surface area contributed by atoms with Gasteiger partial charge in [0.2, 0.25) is 5.82 Å². The first kappa shape index (κ1) is 14.8. The van der Waals surface area contributed by atoms with Gasteiger partial charge in [0.25, 0.3) is 0 Å². The molecule has 0 spiro atoms. The van der Waals surface area contributed by atoms with E-state index in [1.807, 2.05) is 0 Å². The Hall–Kier alpha value is -1.57. The maximum absolute atomic E-state index is 12.7. The number of hydrogen-bond donors (Lipinski definition) is 0. The van der Waals surface area contributed by atoms with E-state index in [9.17, 15) is 18.0 Å². The zero-order valence-corrected chi connectivity index (χ0v) is 11.2. The van der Waals surface area contributed by atoms with Crippen molar-refractivity contribution < 1.29 is 13.2 Å². The van der Waals surface area contributed by atoms with Crippen LogP contribution < -0.4 is 5.69 Å². The van der Waals surface area contributed by atoms with Gasteiger partial charge in [-0.05, 0) is 12.8 Å². The fourth-order valence-corrected chi connectivity index (χ4v) is 2.47. The Bertz CT molecular complexity index is 538. The Balaban J connectivity index is 2.19. The van der Waals surface area contributed by atoms with Crippen LogP contribution in [0.3, 0.4) is 0 Å². The predicted octanol–water partition coefficient (Wildman–Crippen LogP) is 1.42. The highest BCUT2D eigenvalue weighted by molar-refractivity contribution is 4.94. The number of alkyl halides is 3. The van der Waals surface area contributed by atoms with Gasteiger partial charge in [-0.3, -0.25) is 9.47 Å². The lowest BCUT2D eigenvalue weighted by atomic mass is 10.1. The third kappa shape index (κ3) is 2.79. The van der Waals surface area contributed by atoms with E-state index in [-0.39, 0.29) is 6.04 Å². The Morgan fingerprint density at radius 1 is 1.40 bits per heavy atom. The van der Waals surface area contributed by atoms with Crippen molar-refractivity contribution in [1.82, 2.24) is 19.2 Å². The van der Waals surface area contributed by atoms with E-state index in [1.165, 1.54) is 0 Å². The lowest BCUT2D eigenvalue weighted by Crippen LogP contribution is -2.38. The Morgan fingerprint density at radius 2 is 2.00 bits per heavy atom. The summed E-state index contributed by atoms with van der Waals surface area (Å²) < 4.78 is 39.7. The predicted molar refractivity (Wildman–Crippen MR) is 67.4 cm³/mol. The highest BCUT2D eigenvalue weighted by Crippen LogP contribution is 2.27. The maximum atomic E-state index is 12.7. The van der Waals surface area contributed by atoms with Crippen LogP contribution in [0.4, 0.5) is 13.2 Å². The summed E-state index contributed by atoms with van der Waals surface area (Å²) >= 11 is 0. The van der Waals surface area contributed by atoms with Crippen molar-refractivity contribution in [2.24, 2.45) is 7.05 Å². The van der Waals surface area contributed by atoms with Gasteiger partial charge < -0.3 is 0 Å². The molecule has 2 rings (SSSR count). The molecule has 0 radical (unpaired) electrons. The summed E-state index contributed by atoms with van der Waals surface area (Å²) in [5.74, 6) is -1.14. The topological polar surface area (TPSA) is 43.1 Å². The molecule has 8 heteroatoms. The molecule has 1 aromatic rings. The number of likely N-dealkylation sites (tertiary alicyclic amines) is 1. The van der Waals surface area contributed by atoms with Gasteiger partial charge in [0.1, 0.15) is 0 Å². The molecule has 0 atom stereocenters. The molecule has 0 amide bonds. The quantitative estimate of drug-likeness (QED) is 0.791. The van der Waals surface area contributed by atoms with Crippen molar-refractivity contribution in [2.45, 2.75) is 25.1 Å². The fraction of sp³-hybridized carbons (Fsp3) is 0.667. The van der Waals surface area contributed by atoms with Gasteiger partial charge in [-0.15, -0.1) is 11.7 Å². The molecule has 1 aromatic heterocycles. The third-order valence-electron chi connectivity index (χ3n) is 3.55. The first-order valence-electron chi connectivity index (χ1n) is 6.40. The highest BCUT2D eigenvalue weighted by atomic mass is 19.4. The zero-order valence-electron chi connectivity index (χ0n) is 11.2. The number of halogens is 3. The third-order valence-corrected chi connectivity index (χ3v) is 3.55.